The Kier molecular flexibility index (Phi) is 8.04. The summed E-state index contributed by atoms with van der Waals surface area (Å²) in [6.07, 6.45) is 10.3. The number of ether oxygens (including phenoxy) is 2. The lowest BCUT2D eigenvalue weighted by atomic mass is 9.96. The topological polar surface area (TPSA) is 30.5 Å². The van der Waals surface area contributed by atoms with E-state index >= 15 is 0 Å². The standard InChI is InChI=1S/C19H30ClNO2/c1-3-11-23-19-17(20)12-15(13-18(19)22-2)14-21-16-9-7-5-4-6-8-10-16/h12-13,16,21H,3-11,14H2,1-2H3. The Morgan fingerprint density at radius 3 is 2.48 bits per heavy atom. The van der Waals surface area contributed by atoms with Crippen LogP contribution in [0.15, 0.2) is 12.1 Å². The zero-order valence-corrected chi connectivity index (χ0v) is 15.3. The molecule has 0 bridgehead atoms. The molecule has 0 aromatic heterocycles. The van der Waals surface area contributed by atoms with Gasteiger partial charge in [-0.3, -0.25) is 0 Å². The van der Waals surface area contributed by atoms with Crippen LogP contribution in [0.25, 0.3) is 0 Å². The van der Waals surface area contributed by atoms with Gasteiger partial charge in [0.2, 0.25) is 0 Å². The van der Waals surface area contributed by atoms with Gasteiger partial charge in [-0.1, -0.05) is 50.6 Å². The number of hydrogen-bond donors (Lipinski definition) is 1. The molecule has 0 radical (unpaired) electrons. The highest BCUT2D eigenvalue weighted by molar-refractivity contribution is 6.32. The fraction of sp³-hybridized carbons (Fsp3) is 0.684. The Hall–Kier alpha value is -0.930. The third-order valence-corrected chi connectivity index (χ3v) is 4.72. The Labute approximate surface area is 145 Å². The largest absolute Gasteiger partial charge is 0.493 e. The van der Waals surface area contributed by atoms with E-state index in [-0.39, 0.29) is 0 Å². The van der Waals surface area contributed by atoms with Crippen molar-refractivity contribution in [2.45, 2.75) is 70.9 Å². The third-order valence-electron chi connectivity index (χ3n) is 4.44. The average Bonchev–Trinajstić information content (AvgIpc) is 2.52. The van der Waals surface area contributed by atoms with Crippen LogP contribution in [0.5, 0.6) is 11.5 Å². The minimum atomic E-state index is 0.621. The van der Waals surface area contributed by atoms with Crippen molar-refractivity contribution in [2.24, 2.45) is 0 Å². The Bertz CT molecular complexity index is 471. The molecule has 0 atom stereocenters. The van der Waals surface area contributed by atoms with Crippen LogP contribution < -0.4 is 14.8 Å². The molecular weight excluding hydrogens is 310 g/mol. The van der Waals surface area contributed by atoms with Crippen molar-refractivity contribution >= 4 is 11.6 Å². The molecule has 0 spiro atoms. The maximum absolute atomic E-state index is 6.39. The normalized spacial score (nSPS) is 16.7. The highest BCUT2D eigenvalue weighted by atomic mass is 35.5. The Morgan fingerprint density at radius 1 is 1.13 bits per heavy atom. The number of benzene rings is 1. The number of methoxy groups -OCH3 is 1. The quantitative estimate of drug-likeness (QED) is 0.727. The van der Waals surface area contributed by atoms with E-state index in [1.807, 2.05) is 12.1 Å². The molecule has 1 fully saturated rings. The molecule has 0 unspecified atom stereocenters. The fourth-order valence-electron chi connectivity index (χ4n) is 3.14. The summed E-state index contributed by atoms with van der Waals surface area (Å²) < 4.78 is 11.2. The van der Waals surface area contributed by atoms with Crippen molar-refractivity contribution in [1.82, 2.24) is 5.32 Å². The van der Waals surface area contributed by atoms with Crippen molar-refractivity contribution in [3.8, 4) is 11.5 Å². The van der Waals surface area contributed by atoms with Gasteiger partial charge in [-0.2, -0.15) is 0 Å². The molecule has 3 nitrogen and oxygen atoms in total. The second kappa shape index (κ2) is 10.0. The van der Waals surface area contributed by atoms with E-state index in [2.05, 4.69) is 12.2 Å². The van der Waals surface area contributed by atoms with Crippen LogP contribution in [0.3, 0.4) is 0 Å². The van der Waals surface area contributed by atoms with Crippen LogP contribution in [-0.2, 0) is 6.54 Å². The zero-order chi connectivity index (χ0) is 16.5. The van der Waals surface area contributed by atoms with Crippen LogP contribution in [0.4, 0.5) is 0 Å². The number of hydrogen-bond acceptors (Lipinski definition) is 3. The van der Waals surface area contributed by atoms with Crippen LogP contribution >= 0.6 is 11.6 Å². The number of halogens is 1. The van der Waals surface area contributed by atoms with Gasteiger partial charge in [-0.15, -0.1) is 0 Å². The molecule has 0 heterocycles. The van der Waals surface area contributed by atoms with Crippen molar-refractivity contribution in [3.05, 3.63) is 22.7 Å². The molecule has 1 aromatic rings. The van der Waals surface area contributed by atoms with Gasteiger partial charge in [0.05, 0.1) is 18.7 Å². The first kappa shape index (κ1) is 18.4. The first-order chi connectivity index (χ1) is 11.2. The van der Waals surface area contributed by atoms with Gasteiger partial charge in [0.25, 0.3) is 0 Å². The monoisotopic (exact) mass is 339 g/mol. The van der Waals surface area contributed by atoms with E-state index in [1.54, 1.807) is 7.11 Å². The molecule has 0 amide bonds. The predicted molar refractivity (Wildman–Crippen MR) is 96.7 cm³/mol. The Balaban J connectivity index is 1.97. The first-order valence-electron chi connectivity index (χ1n) is 8.97. The summed E-state index contributed by atoms with van der Waals surface area (Å²) in [6, 6.07) is 4.65. The van der Waals surface area contributed by atoms with E-state index in [4.69, 9.17) is 21.1 Å². The summed E-state index contributed by atoms with van der Waals surface area (Å²) in [5, 5.41) is 4.32. The highest BCUT2D eigenvalue weighted by Crippen LogP contribution is 2.36. The molecule has 23 heavy (non-hydrogen) atoms. The van der Waals surface area contributed by atoms with E-state index < -0.39 is 0 Å². The predicted octanol–water partition coefficient (Wildman–Crippen LogP) is 5.34. The van der Waals surface area contributed by atoms with Crippen LogP contribution in [0.2, 0.25) is 5.02 Å². The summed E-state index contributed by atoms with van der Waals surface area (Å²) in [4.78, 5) is 0. The van der Waals surface area contributed by atoms with Gasteiger partial charge in [-0.05, 0) is 37.0 Å². The van der Waals surface area contributed by atoms with E-state index in [0.29, 0.717) is 23.4 Å². The van der Waals surface area contributed by atoms with Gasteiger partial charge in [-0.25, -0.2) is 0 Å². The molecule has 1 aliphatic carbocycles. The lowest BCUT2D eigenvalue weighted by Crippen LogP contribution is -2.29. The van der Waals surface area contributed by atoms with Gasteiger partial charge >= 0.3 is 0 Å². The van der Waals surface area contributed by atoms with Gasteiger partial charge < -0.3 is 14.8 Å². The summed E-state index contributed by atoms with van der Waals surface area (Å²) in [6.45, 7) is 3.55. The maximum Gasteiger partial charge on any atom is 0.179 e. The molecule has 0 aliphatic heterocycles. The highest BCUT2D eigenvalue weighted by Gasteiger charge is 2.14. The SMILES string of the molecule is CCCOc1c(Cl)cc(CNC2CCCCCCC2)cc1OC. The smallest absolute Gasteiger partial charge is 0.179 e. The lowest BCUT2D eigenvalue weighted by Gasteiger charge is -2.21. The summed E-state index contributed by atoms with van der Waals surface area (Å²) >= 11 is 6.39. The molecule has 2 rings (SSSR count). The molecule has 1 N–H and O–H groups in total. The van der Waals surface area contributed by atoms with Crippen molar-refractivity contribution in [2.75, 3.05) is 13.7 Å². The van der Waals surface area contributed by atoms with Crippen molar-refractivity contribution in [1.29, 1.82) is 0 Å². The zero-order valence-electron chi connectivity index (χ0n) is 14.5. The minimum Gasteiger partial charge on any atom is -0.493 e. The molecule has 1 aliphatic rings. The van der Waals surface area contributed by atoms with E-state index in [1.165, 1.54) is 44.9 Å². The van der Waals surface area contributed by atoms with E-state index in [0.717, 1.165) is 24.3 Å². The number of rotatable bonds is 7. The molecular formula is C19H30ClNO2. The van der Waals surface area contributed by atoms with Crippen molar-refractivity contribution in [3.63, 3.8) is 0 Å². The number of nitrogens with one attached hydrogen (secondary N) is 1. The summed E-state index contributed by atoms with van der Waals surface area (Å²) in [5.74, 6) is 1.38. The average molecular weight is 340 g/mol. The molecule has 130 valence electrons. The molecule has 4 heteroatoms. The van der Waals surface area contributed by atoms with Crippen LogP contribution in [0.1, 0.15) is 63.9 Å². The van der Waals surface area contributed by atoms with Crippen molar-refractivity contribution < 1.29 is 9.47 Å². The first-order valence-corrected chi connectivity index (χ1v) is 9.35. The van der Waals surface area contributed by atoms with Gasteiger partial charge in [0, 0.05) is 12.6 Å². The summed E-state index contributed by atoms with van der Waals surface area (Å²) in [5.41, 5.74) is 1.15. The maximum atomic E-state index is 6.39. The fourth-order valence-corrected chi connectivity index (χ4v) is 3.43. The van der Waals surface area contributed by atoms with Gasteiger partial charge in [0.1, 0.15) is 0 Å². The lowest BCUT2D eigenvalue weighted by molar-refractivity contribution is 0.294. The molecule has 1 aromatic carbocycles. The molecule has 0 saturated heterocycles. The second-order valence-corrected chi connectivity index (χ2v) is 6.79. The van der Waals surface area contributed by atoms with Gasteiger partial charge in [0.15, 0.2) is 11.5 Å². The van der Waals surface area contributed by atoms with Crippen LogP contribution in [0, 0.1) is 0 Å². The molecule has 1 saturated carbocycles. The summed E-state index contributed by atoms with van der Waals surface area (Å²) in [7, 11) is 1.66. The second-order valence-electron chi connectivity index (χ2n) is 6.38. The Morgan fingerprint density at radius 2 is 1.83 bits per heavy atom. The third kappa shape index (κ3) is 5.89. The van der Waals surface area contributed by atoms with E-state index in [9.17, 15) is 0 Å². The minimum absolute atomic E-state index is 0.621. The van der Waals surface area contributed by atoms with Crippen LogP contribution in [-0.4, -0.2) is 19.8 Å².